The van der Waals surface area contributed by atoms with E-state index in [-0.39, 0.29) is 24.0 Å². The molecule has 24 heavy (non-hydrogen) atoms. The molecule has 1 rings (SSSR count). The number of benzene rings is 1. The van der Waals surface area contributed by atoms with Gasteiger partial charge in [-0.1, -0.05) is 51.0 Å². The third-order valence-electron chi connectivity index (χ3n) is 3.78. The molecule has 0 spiro atoms. The molecule has 0 aliphatic rings. The minimum atomic E-state index is 0. The largest absolute Gasteiger partial charge is 0.356 e. The van der Waals surface area contributed by atoms with Gasteiger partial charge in [-0.15, -0.1) is 24.0 Å². The number of rotatable bonds is 9. The summed E-state index contributed by atoms with van der Waals surface area (Å²) in [5.41, 5.74) is 2.68. The van der Waals surface area contributed by atoms with Crippen LogP contribution in [-0.4, -0.2) is 38.5 Å². The summed E-state index contributed by atoms with van der Waals surface area (Å²) in [4.78, 5) is 6.51. The second-order valence-corrected chi connectivity index (χ2v) is 6.75. The van der Waals surface area contributed by atoms with Crippen LogP contribution in [0.15, 0.2) is 29.3 Å². The van der Waals surface area contributed by atoms with Crippen LogP contribution in [0.25, 0.3) is 0 Å². The standard InChI is InChI=1S/C19H34N4.HI/c1-16(2)10-8-9-13-21-19(20-3)22-14-17-11-6-7-12-18(17)15-23(4)5;/h6-7,11-12,16H,8-10,13-15H2,1-5H3,(H2,20,21,22);1H. The first-order valence-electron chi connectivity index (χ1n) is 8.69. The molecule has 0 saturated heterocycles. The number of hydrogen-bond donors (Lipinski definition) is 2. The maximum atomic E-state index is 4.31. The Bertz CT molecular complexity index is 472. The molecule has 0 fully saturated rings. The van der Waals surface area contributed by atoms with E-state index in [1.807, 2.05) is 7.05 Å². The summed E-state index contributed by atoms with van der Waals surface area (Å²) in [7, 11) is 6.03. The van der Waals surface area contributed by atoms with Gasteiger partial charge >= 0.3 is 0 Å². The minimum absolute atomic E-state index is 0. The maximum Gasteiger partial charge on any atom is 0.191 e. The number of nitrogens with one attached hydrogen (secondary N) is 2. The van der Waals surface area contributed by atoms with Crippen LogP contribution in [0.3, 0.4) is 0 Å². The van der Waals surface area contributed by atoms with Crippen molar-refractivity contribution in [3.8, 4) is 0 Å². The molecule has 5 heteroatoms. The van der Waals surface area contributed by atoms with E-state index >= 15 is 0 Å². The number of unbranched alkanes of at least 4 members (excludes halogenated alkanes) is 1. The predicted molar refractivity (Wildman–Crippen MR) is 116 cm³/mol. The van der Waals surface area contributed by atoms with Crippen molar-refractivity contribution in [3.63, 3.8) is 0 Å². The fraction of sp³-hybridized carbons (Fsp3) is 0.632. The summed E-state index contributed by atoms with van der Waals surface area (Å²) < 4.78 is 0. The normalized spacial score (nSPS) is 11.5. The maximum absolute atomic E-state index is 4.31. The van der Waals surface area contributed by atoms with E-state index < -0.39 is 0 Å². The minimum Gasteiger partial charge on any atom is -0.356 e. The fourth-order valence-electron chi connectivity index (χ4n) is 2.51. The molecule has 138 valence electrons. The molecule has 0 aromatic heterocycles. The van der Waals surface area contributed by atoms with Crippen LogP contribution in [0.2, 0.25) is 0 Å². The van der Waals surface area contributed by atoms with E-state index in [9.17, 15) is 0 Å². The Kier molecular flexibility index (Phi) is 13.0. The number of nitrogens with zero attached hydrogens (tertiary/aromatic N) is 2. The lowest BCUT2D eigenvalue weighted by Gasteiger charge is -2.16. The van der Waals surface area contributed by atoms with Crippen LogP contribution in [0.4, 0.5) is 0 Å². The van der Waals surface area contributed by atoms with Gasteiger partial charge in [0.1, 0.15) is 0 Å². The van der Waals surface area contributed by atoms with Crippen molar-refractivity contribution in [1.29, 1.82) is 0 Å². The Morgan fingerprint density at radius 3 is 2.33 bits per heavy atom. The highest BCUT2D eigenvalue weighted by molar-refractivity contribution is 14.0. The first-order chi connectivity index (χ1) is 11.0. The Morgan fingerprint density at radius 1 is 1.08 bits per heavy atom. The van der Waals surface area contributed by atoms with Crippen molar-refractivity contribution in [2.75, 3.05) is 27.7 Å². The van der Waals surface area contributed by atoms with Crippen LogP contribution < -0.4 is 10.6 Å². The second kappa shape index (κ2) is 13.5. The average molecular weight is 446 g/mol. The van der Waals surface area contributed by atoms with Gasteiger partial charge in [-0.05, 0) is 37.6 Å². The molecule has 0 aliphatic carbocycles. The first kappa shape index (κ1) is 23.2. The summed E-state index contributed by atoms with van der Waals surface area (Å²) in [6.07, 6.45) is 3.76. The average Bonchev–Trinajstić information content (AvgIpc) is 2.50. The monoisotopic (exact) mass is 446 g/mol. The van der Waals surface area contributed by atoms with Crippen molar-refractivity contribution in [2.24, 2.45) is 10.9 Å². The number of guanidine groups is 1. The van der Waals surface area contributed by atoms with Crippen LogP contribution >= 0.6 is 24.0 Å². The molecule has 0 atom stereocenters. The molecule has 2 N–H and O–H groups in total. The van der Waals surface area contributed by atoms with E-state index in [4.69, 9.17) is 0 Å². The topological polar surface area (TPSA) is 39.7 Å². The molecular formula is C19H35IN4. The fourth-order valence-corrected chi connectivity index (χ4v) is 2.51. The number of hydrogen-bond acceptors (Lipinski definition) is 2. The number of aliphatic imine (C=N–C) groups is 1. The van der Waals surface area contributed by atoms with E-state index in [0.717, 1.165) is 31.5 Å². The third kappa shape index (κ3) is 10.1. The van der Waals surface area contributed by atoms with Crippen molar-refractivity contribution in [1.82, 2.24) is 15.5 Å². The Hall–Kier alpha value is -0.820. The molecule has 0 heterocycles. The van der Waals surface area contributed by atoms with Gasteiger partial charge in [0.05, 0.1) is 0 Å². The highest BCUT2D eigenvalue weighted by Crippen LogP contribution is 2.10. The summed E-state index contributed by atoms with van der Waals surface area (Å²) in [6.45, 7) is 7.29. The molecule has 4 nitrogen and oxygen atoms in total. The highest BCUT2D eigenvalue weighted by atomic mass is 127. The van der Waals surface area contributed by atoms with Gasteiger partial charge in [0.15, 0.2) is 5.96 Å². The lowest BCUT2D eigenvalue weighted by Crippen LogP contribution is -2.37. The molecule has 0 radical (unpaired) electrons. The Balaban J connectivity index is 0.00000529. The van der Waals surface area contributed by atoms with E-state index in [0.29, 0.717) is 0 Å². The summed E-state index contributed by atoms with van der Waals surface area (Å²) in [6, 6.07) is 8.57. The van der Waals surface area contributed by atoms with Gasteiger partial charge in [0.2, 0.25) is 0 Å². The van der Waals surface area contributed by atoms with Crippen LogP contribution in [0.5, 0.6) is 0 Å². The highest BCUT2D eigenvalue weighted by Gasteiger charge is 2.04. The van der Waals surface area contributed by atoms with Gasteiger partial charge in [-0.25, -0.2) is 0 Å². The SMILES string of the molecule is CN=C(NCCCCC(C)C)NCc1ccccc1CN(C)C.I. The van der Waals surface area contributed by atoms with Crippen molar-refractivity contribution < 1.29 is 0 Å². The molecule has 0 unspecified atom stereocenters. The van der Waals surface area contributed by atoms with E-state index in [2.05, 4.69) is 72.7 Å². The van der Waals surface area contributed by atoms with Gasteiger partial charge in [0.25, 0.3) is 0 Å². The molecule has 1 aromatic carbocycles. The first-order valence-corrected chi connectivity index (χ1v) is 8.69. The number of halogens is 1. The van der Waals surface area contributed by atoms with Crippen LogP contribution in [0, 0.1) is 5.92 Å². The van der Waals surface area contributed by atoms with Crippen molar-refractivity contribution >= 4 is 29.9 Å². The smallest absolute Gasteiger partial charge is 0.191 e. The predicted octanol–water partition coefficient (Wildman–Crippen LogP) is 3.86. The zero-order valence-corrected chi connectivity index (χ0v) is 18.3. The quantitative estimate of drug-likeness (QED) is 0.262. The third-order valence-corrected chi connectivity index (χ3v) is 3.78. The van der Waals surface area contributed by atoms with Crippen LogP contribution in [-0.2, 0) is 13.1 Å². The van der Waals surface area contributed by atoms with E-state index in [1.54, 1.807) is 0 Å². The summed E-state index contributed by atoms with van der Waals surface area (Å²) in [5, 5.41) is 6.82. The molecule has 0 amide bonds. The Morgan fingerprint density at radius 2 is 1.75 bits per heavy atom. The second-order valence-electron chi connectivity index (χ2n) is 6.75. The summed E-state index contributed by atoms with van der Waals surface area (Å²) in [5.74, 6) is 1.68. The van der Waals surface area contributed by atoms with Crippen molar-refractivity contribution in [3.05, 3.63) is 35.4 Å². The van der Waals surface area contributed by atoms with Gasteiger partial charge < -0.3 is 15.5 Å². The van der Waals surface area contributed by atoms with E-state index in [1.165, 1.54) is 30.4 Å². The van der Waals surface area contributed by atoms with Crippen LogP contribution in [0.1, 0.15) is 44.2 Å². The molecule has 0 aliphatic heterocycles. The van der Waals surface area contributed by atoms with Crippen molar-refractivity contribution in [2.45, 2.75) is 46.2 Å². The Labute approximate surface area is 165 Å². The molecule has 0 saturated carbocycles. The van der Waals surface area contributed by atoms with Gasteiger partial charge in [0, 0.05) is 26.7 Å². The molecule has 1 aromatic rings. The van der Waals surface area contributed by atoms with Gasteiger partial charge in [-0.2, -0.15) is 0 Å². The lowest BCUT2D eigenvalue weighted by molar-refractivity contribution is 0.400. The lowest BCUT2D eigenvalue weighted by atomic mass is 10.1. The zero-order valence-electron chi connectivity index (χ0n) is 15.9. The molecular weight excluding hydrogens is 411 g/mol. The summed E-state index contributed by atoms with van der Waals surface area (Å²) >= 11 is 0. The zero-order chi connectivity index (χ0) is 17.1. The van der Waals surface area contributed by atoms with Gasteiger partial charge in [-0.3, -0.25) is 4.99 Å². The molecule has 0 bridgehead atoms.